The first kappa shape index (κ1) is 13.4. The Kier molecular flexibility index (Phi) is 4.23. The standard InChI is InChI=1S/C11H14N2O3S2/c1-8-9(13(15)16)7-10(18-8)11(14)12-3-2-5-17-6-4-12/h7H,2-6H2,1H3. The summed E-state index contributed by atoms with van der Waals surface area (Å²) in [5.74, 6) is 1.95. The van der Waals surface area contributed by atoms with Crippen molar-refractivity contribution >= 4 is 34.7 Å². The molecule has 1 aromatic rings. The van der Waals surface area contributed by atoms with E-state index in [1.807, 2.05) is 11.8 Å². The summed E-state index contributed by atoms with van der Waals surface area (Å²) in [6.07, 6.45) is 0.989. The van der Waals surface area contributed by atoms with E-state index in [1.165, 1.54) is 17.4 Å². The molecule has 7 heteroatoms. The Morgan fingerprint density at radius 1 is 1.44 bits per heavy atom. The maximum atomic E-state index is 12.2. The van der Waals surface area contributed by atoms with Crippen molar-refractivity contribution in [2.75, 3.05) is 24.6 Å². The Bertz CT molecular complexity index is 465. The summed E-state index contributed by atoms with van der Waals surface area (Å²) in [5.41, 5.74) is 0.0487. The zero-order chi connectivity index (χ0) is 13.1. The highest BCUT2D eigenvalue weighted by molar-refractivity contribution is 7.99. The predicted molar refractivity (Wildman–Crippen MR) is 73.6 cm³/mol. The van der Waals surface area contributed by atoms with E-state index in [1.54, 1.807) is 11.8 Å². The van der Waals surface area contributed by atoms with Crippen LogP contribution in [-0.2, 0) is 0 Å². The van der Waals surface area contributed by atoms with Crippen LogP contribution >= 0.6 is 23.1 Å². The van der Waals surface area contributed by atoms with Crippen LogP contribution < -0.4 is 0 Å². The van der Waals surface area contributed by atoms with Gasteiger partial charge in [0, 0.05) is 24.9 Å². The molecule has 0 aromatic carbocycles. The van der Waals surface area contributed by atoms with Crippen molar-refractivity contribution in [3.8, 4) is 0 Å². The Morgan fingerprint density at radius 2 is 2.22 bits per heavy atom. The normalized spacial score (nSPS) is 16.4. The molecule has 2 rings (SSSR count). The molecule has 0 spiro atoms. The number of hydrogen-bond acceptors (Lipinski definition) is 5. The lowest BCUT2D eigenvalue weighted by molar-refractivity contribution is -0.385. The molecule has 98 valence electrons. The van der Waals surface area contributed by atoms with E-state index < -0.39 is 4.92 Å². The van der Waals surface area contributed by atoms with E-state index in [0.717, 1.165) is 31.0 Å². The van der Waals surface area contributed by atoms with Crippen molar-refractivity contribution in [2.24, 2.45) is 0 Å². The van der Waals surface area contributed by atoms with Gasteiger partial charge in [-0.15, -0.1) is 11.3 Å². The molecule has 0 atom stereocenters. The minimum atomic E-state index is -0.430. The lowest BCUT2D eigenvalue weighted by Crippen LogP contribution is -2.32. The molecule has 0 N–H and O–H groups in total. The lowest BCUT2D eigenvalue weighted by atomic mass is 10.3. The number of thioether (sulfide) groups is 1. The number of hydrogen-bond donors (Lipinski definition) is 0. The number of carbonyl (C=O) groups is 1. The molecule has 18 heavy (non-hydrogen) atoms. The van der Waals surface area contributed by atoms with Crippen LogP contribution in [0.1, 0.15) is 21.0 Å². The molecule has 1 aliphatic heterocycles. The number of rotatable bonds is 2. The summed E-state index contributed by atoms with van der Waals surface area (Å²) in [5, 5.41) is 10.8. The fourth-order valence-corrected chi connectivity index (χ4v) is 3.71. The second-order valence-electron chi connectivity index (χ2n) is 4.07. The predicted octanol–water partition coefficient (Wildman–Crippen LogP) is 2.54. The largest absolute Gasteiger partial charge is 0.337 e. The molecule has 0 bridgehead atoms. The molecule has 1 amide bonds. The van der Waals surface area contributed by atoms with E-state index in [0.29, 0.717) is 9.75 Å². The van der Waals surface area contributed by atoms with Gasteiger partial charge in [-0.05, 0) is 19.1 Å². The number of amides is 1. The molecule has 0 unspecified atom stereocenters. The third-order valence-corrected chi connectivity index (χ3v) is 4.88. The van der Waals surface area contributed by atoms with Crippen LogP contribution in [0.25, 0.3) is 0 Å². The number of thiophene rings is 1. The van der Waals surface area contributed by atoms with Gasteiger partial charge in [0.1, 0.15) is 0 Å². The van der Waals surface area contributed by atoms with Crippen LogP contribution in [0.5, 0.6) is 0 Å². The summed E-state index contributed by atoms with van der Waals surface area (Å²) in [6, 6.07) is 1.40. The summed E-state index contributed by atoms with van der Waals surface area (Å²) in [7, 11) is 0. The third-order valence-electron chi connectivity index (χ3n) is 2.81. The minimum absolute atomic E-state index is 0.0487. The molecule has 0 aliphatic carbocycles. The molecule has 1 aromatic heterocycles. The second kappa shape index (κ2) is 5.71. The average molecular weight is 286 g/mol. The fraction of sp³-hybridized carbons (Fsp3) is 0.545. The van der Waals surface area contributed by atoms with E-state index >= 15 is 0 Å². The van der Waals surface area contributed by atoms with Gasteiger partial charge in [0.05, 0.1) is 14.7 Å². The van der Waals surface area contributed by atoms with Crippen molar-refractivity contribution in [2.45, 2.75) is 13.3 Å². The van der Waals surface area contributed by atoms with Gasteiger partial charge in [0.15, 0.2) is 0 Å². The molecule has 1 fully saturated rings. The van der Waals surface area contributed by atoms with Crippen molar-refractivity contribution < 1.29 is 9.72 Å². The minimum Gasteiger partial charge on any atom is -0.337 e. The Balaban J connectivity index is 2.17. The third kappa shape index (κ3) is 2.84. The van der Waals surface area contributed by atoms with Crippen LogP contribution in [-0.4, -0.2) is 40.3 Å². The first-order valence-electron chi connectivity index (χ1n) is 5.71. The molecular formula is C11H14N2O3S2. The monoisotopic (exact) mass is 286 g/mol. The highest BCUT2D eigenvalue weighted by Gasteiger charge is 2.23. The SMILES string of the molecule is Cc1sc(C(=O)N2CCCSCC2)cc1[N+](=O)[O-]. The van der Waals surface area contributed by atoms with Gasteiger partial charge in [0.2, 0.25) is 0 Å². The smallest absolute Gasteiger partial charge is 0.283 e. The number of nitro groups is 1. The van der Waals surface area contributed by atoms with Crippen molar-refractivity contribution in [3.63, 3.8) is 0 Å². The van der Waals surface area contributed by atoms with Crippen molar-refractivity contribution in [3.05, 3.63) is 25.9 Å². The van der Waals surface area contributed by atoms with E-state index in [-0.39, 0.29) is 11.6 Å². The molecule has 1 saturated heterocycles. The van der Waals surface area contributed by atoms with Crippen molar-refractivity contribution in [1.82, 2.24) is 4.90 Å². The number of aryl methyl sites for hydroxylation is 1. The van der Waals surface area contributed by atoms with Crippen LogP contribution in [0.3, 0.4) is 0 Å². The molecule has 1 aliphatic rings. The van der Waals surface area contributed by atoms with E-state index in [9.17, 15) is 14.9 Å². The zero-order valence-corrected chi connectivity index (χ0v) is 11.7. The Labute approximate surface area is 113 Å². The topological polar surface area (TPSA) is 63.5 Å². The summed E-state index contributed by atoms with van der Waals surface area (Å²) >= 11 is 3.06. The molecule has 2 heterocycles. The van der Waals surface area contributed by atoms with Gasteiger partial charge in [-0.2, -0.15) is 11.8 Å². The maximum Gasteiger partial charge on any atom is 0.283 e. The van der Waals surface area contributed by atoms with E-state index in [2.05, 4.69) is 0 Å². The van der Waals surface area contributed by atoms with Gasteiger partial charge in [-0.1, -0.05) is 0 Å². The molecule has 0 saturated carbocycles. The Hall–Kier alpha value is -1.08. The van der Waals surface area contributed by atoms with Gasteiger partial charge in [0.25, 0.3) is 11.6 Å². The summed E-state index contributed by atoms with van der Waals surface area (Å²) in [4.78, 5) is 25.5. The first-order chi connectivity index (χ1) is 8.59. The van der Waals surface area contributed by atoms with Gasteiger partial charge < -0.3 is 4.90 Å². The molecule has 5 nitrogen and oxygen atoms in total. The highest BCUT2D eigenvalue weighted by Crippen LogP contribution is 2.29. The van der Waals surface area contributed by atoms with Crippen LogP contribution in [0.2, 0.25) is 0 Å². The van der Waals surface area contributed by atoms with E-state index in [4.69, 9.17) is 0 Å². The average Bonchev–Trinajstić information content (AvgIpc) is 2.56. The Morgan fingerprint density at radius 3 is 2.89 bits per heavy atom. The second-order valence-corrected chi connectivity index (χ2v) is 6.55. The van der Waals surface area contributed by atoms with Gasteiger partial charge in [-0.25, -0.2) is 0 Å². The quantitative estimate of drug-likeness (QED) is 0.619. The lowest BCUT2D eigenvalue weighted by Gasteiger charge is -2.18. The van der Waals surface area contributed by atoms with Gasteiger partial charge in [-0.3, -0.25) is 14.9 Å². The zero-order valence-electron chi connectivity index (χ0n) is 10.0. The molecular weight excluding hydrogens is 272 g/mol. The molecule has 0 radical (unpaired) electrons. The maximum absolute atomic E-state index is 12.2. The number of nitrogens with zero attached hydrogens (tertiary/aromatic N) is 2. The first-order valence-corrected chi connectivity index (χ1v) is 7.68. The van der Waals surface area contributed by atoms with Crippen LogP contribution in [0, 0.1) is 17.0 Å². The summed E-state index contributed by atoms with van der Waals surface area (Å²) < 4.78 is 0. The highest BCUT2D eigenvalue weighted by atomic mass is 32.2. The summed E-state index contributed by atoms with van der Waals surface area (Å²) in [6.45, 7) is 3.16. The van der Waals surface area contributed by atoms with Crippen LogP contribution in [0.15, 0.2) is 6.07 Å². The van der Waals surface area contributed by atoms with Crippen molar-refractivity contribution in [1.29, 1.82) is 0 Å². The van der Waals surface area contributed by atoms with Gasteiger partial charge >= 0.3 is 0 Å². The fourth-order valence-electron chi connectivity index (χ4n) is 1.86. The number of carbonyl (C=O) groups excluding carboxylic acids is 1. The van der Waals surface area contributed by atoms with Crippen LogP contribution in [0.4, 0.5) is 5.69 Å².